The predicted molar refractivity (Wildman–Crippen MR) is 153 cm³/mol. The fourth-order valence-electron chi connectivity index (χ4n) is 4.59. The lowest BCUT2D eigenvalue weighted by Crippen LogP contribution is -2.76. The normalized spacial score (nSPS) is 12.1. The summed E-state index contributed by atoms with van der Waals surface area (Å²) in [5.41, 5.74) is 0. The lowest BCUT2D eigenvalue weighted by molar-refractivity contribution is -0.145. The van der Waals surface area contributed by atoms with E-state index in [0.717, 1.165) is 33.7 Å². The number of hydrogen-bond acceptors (Lipinski definition) is 6. The van der Waals surface area contributed by atoms with Gasteiger partial charge < -0.3 is 17.1 Å². The summed E-state index contributed by atoms with van der Waals surface area (Å²) in [7, 11) is -10.3. The van der Waals surface area contributed by atoms with Gasteiger partial charge >= 0.3 is 9.05 Å². The SMILES string of the molecule is CC[Si](CC)(CC)O[Si](OC(C)=O)(OC(C)=O)O[Si](c1ccccc1)(c1ccccc1)c1ccccc1. The highest BCUT2D eigenvalue weighted by molar-refractivity contribution is 7.10. The van der Waals surface area contributed by atoms with E-state index < -0.39 is 37.6 Å². The number of benzene rings is 3. The fraction of sp³-hybridized carbons (Fsp3) is 0.286. The lowest BCUT2D eigenvalue weighted by Gasteiger charge is -2.42. The highest BCUT2D eigenvalue weighted by Gasteiger charge is 2.63. The van der Waals surface area contributed by atoms with Gasteiger partial charge in [0.15, 0.2) is 8.32 Å². The van der Waals surface area contributed by atoms with Crippen LogP contribution in [0.3, 0.4) is 0 Å². The standard InChI is InChI=1S/C28H36O6Si3/c1-6-35(7-2,8-3)33-37(31-24(4)29,32-25(5)30)34-36(26-18-12-9-13-19-26,27-20-14-10-15-21-27)28-22-16-11-17-23-28/h9-23H,6-8H2,1-5H3. The molecule has 0 radical (unpaired) electrons. The molecule has 3 aromatic carbocycles. The van der Waals surface area contributed by atoms with E-state index >= 15 is 0 Å². The second-order valence-corrected chi connectivity index (χ2v) is 19.5. The molecule has 9 heteroatoms. The maximum Gasteiger partial charge on any atom is 0.804 e. The molecule has 0 amide bonds. The Bertz CT molecular complexity index is 1030. The molecular weight excluding hydrogens is 517 g/mol. The summed E-state index contributed by atoms with van der Waals surface area (Å²) in [6.07, 6.45) is 0. The first-order valence-electron chi connectivity index (χ1n) is 12.7. The van der Waals surface area contributed by atoms with E-state index in [1.807, 2.05) is 91.0 Å². The van der Waals surface area contributed by atoms with Crippen molar-refractivity contribution in [1.29, 1.82) is 0 Å². The van der Waals surface area contributed by atoms with Crippen LogP contribution in [0, 0.1) is 0 Å². The van der Waals surface area contributed by atoms with Crippen molar-refractivity contribution in [3.63, 3.8) is 0 Å². The van der Waals surface area contributed by atoms with E-state index in [1.165, 1.54) is 13.8 Å². The first kappa shape index (κ1) is 28.7. The van der Waals surface area contributed by atoms with Crippen molar-refractivity contribution < 1.29 is 26.7 Å². The molecule has 3 aromatic rings. The molecule has 0 aliphatic rings. The summed E-state index contributed by atoms with van der Waals surface area (Å²) < 4.78 is 25.8. The molecule has 0 saturated carbocycles. The van der Waals surface area contributed by atoms with Gasteiger partial charge in [-0.2, -0.15) is 0 Å². The summed E-state index contributed by atoms with van der Waals surface area (Å²) >= 11 is 0. The quantitative estimate of drug-likeness (QED) is 0.247. The molecule has 0 aliphatic heterocycles. The Kier molecular flexibility index (Phi) is 9.80. The van der Waals surface area contributed by atoms with E-state index in [-0.39, 0.29) is 0 Å². The molecule has 196 valence electrons. The Morgan fingerprint density at radius 2 is 0.892 bits per heavy atom. The van der Waals surface area contributed by atoms with Gasteiger partial charge in [0.05, 0.1) is 0 Å². The molecular formula is C28H36O6Si3. The second-order valence-electron chi connectivity index (χ2n) is 8.91. The van der Waals surface area contributed by atoms with Gasteiger partial charge in [-0.1, -0.05) is 112 Å². The van der Waals surface area contributed by atoms with Crippen LogP contribution < -0.4 is 15.6 Å². The maximum absolute atomic E-state index is 12.6. The van der Waals surface area contributed by atoms with Gasteiger partial charge in [-0.3, -0.25) is 9.59 Å². The van der Waals surface area contributed by atoms with Gasteiger partial charge in [-0.05, 0) is 33.7 Å². The van der Waals surface area contributed by atoms with Crippen LogP contribution in [0.5, 0.6) is 0 Å². The van der Waals surface area contributed by atoms with Gasteiger partial charge in [0.2, 0.25) is 0 Å². The fourth-order valence-corrected chi connectivity index (χ4v) is 17.8. The average molecular weight is 553 g/mol. The lowest BCUT2D eigenvalue weighted by atomic mass is 10.3. The van der Waals surface area contributed by atoms with E-state index in [9.17, 15) is 9.59 Å². The van der Waals surface area contributed by atoms with Crippen LogP contribution in [0.4, 0.5) is 0 Å². The van der Waals surface area contributed by atoms with E-state index in [1.54, 1.807) is 0 Å². The molecule has 0 heterocycles. The smallest absolute Gasteiger partial charge is 0.443 e. The topological polar surface area (TPSA) is 71.1 Å². The monoisotopic (exact) mass is 552 g/mol. The minimum absolute atomic E-state index is 0.615. The molecule has 0 N–H and O–H groups in total. The molecule has 0 aliphatic carbocycles. The molecule has 3 rings (SSSR count). The van der Waals surface area contributed by atoms with Gasteiger partial charge in [-0.25, -0.2) is 0 Å². The first-order valence-corrected chi connectivity index (χ1v) is 18.8. The molecule has 0 spiro atoms. The van der Waals surface area contributed by atoms with Crippen LogP contribution in [0.2, 0.25) is 18.1 Å². The minimum Gasteiger partial charge on any atom is -0.443 e. The van der Waals surface area contributed by atoms with Crippen molar-refractivity contribution in [2.75, 3.05) is 0 Å². The van der Waals surface area contributed by atoms with E-state index in [0.29, 0.717) is 0 Å². The summed E-state index contributed by atoms with van der Waals surface area (Å²) in [6, 6.07) is 31.9. The summed E-state index contributed by atoms with van der Waals surface area (Å²) in [5, 5.41) is 2.76. The molecule has 6 nitrogen and oxygen atoms in total. The zero-order chi connectivity index (χ0) is 26.9. The first-order chi connectivity index (χ1) is 17.7. The van der Waals surface area contributed by atoms with Gasteiger partial charge in [-0.15, -0.1) is 0 Å². The van der Waals surface area contributed by atoms with Crippen molar-refractivity contribution in [2.24, 2.45) is 0 Å². The van der Waals surface area contributed by atoms with Crippen molar-refractivity contribution in [3.05, 3.63) is 91.0 Å². The second kappa shape index (κ2) is 12.6. The molecule has 0 unspecified atom stereocenters. The third-order valence-electron chi connectivity index (χ3n) is 6.63. The van der Waals surface area contributed by atoms with Crippen LogP contribution in [-0.4, -0.2) is 37.6 Å². The highest BCUT2D eigenvalue weighted by atomic mass is 28.5. The van der Waals surface area contributed by atoms with Gasteiger partial charge in [0.1, 0.15) is 0 Å². The van der Waals surface area contributed by atoms with Crippen molar-refractivity contribution in [3.8, 4) is 0 Å². The Hall–Kier alpha value is -2.83. The Labute approximate surface area is 223 Å². The number of hydrogen-bond donors (Lipinski definition) is 0. The molecule has 0 atom stereocenters. The third-order valence-corrected chi connectivity index (χ3v) is 20.0. The number of carbonyl (C=O) groups excluding carboxylic acids is 2. The zero-order valence-electron chi connectivity index (χ0n) is 22.2. The van der Waals surface area contributed by atoms with Crippen LogP contribution in [0.25, 0.3) is 0 Å². The largest absolute Gasteiger partial charge is 0.804 e. The predicted octanol–water partition coefficient (Wildman–Crippen LogP) is 4.25. The van der Waals surface area contributed by atoms with Crippen LogP contribution in [0.1, 0.15) is 34.6 Å². The third kappa shape index (κ3) is 6.55. The number of carbonyl (C=O) groups is 2. The molecule has 0 saturated heterocycles. The summed E-state index contributed by atoms with van der Waals surface area (Å²) in [5.74, 6) is -1.23. The maximum atomic E-state index is 12.6. The number of rotatable bonds is 12. The van der Waals surface area contributed by atoms with Crippen molar-refractivity contribution >= 4 is 53.2 Å². The summed E-state index contributed by atoms with van der Waals surface area (Å²) in [6.45, 7) is 8.78. The van der Waals surface area contributed by atoms with Crippen LogP contribution in [0.15, 0.2) is 91.0 Å². The molecule has 0 aromatic heterocycles. The molecule has 37 heavy (non-hydrogen) atoms. The van der Waals surface area contributed by atoms with Crippen LogP contribution in [-0.2, 0) is 26.7 Å². The Balaban J connectivity index is 2.39. The Morgan fingerprint density at radius 1 is 0.568 bits per heavy atom. The van der Waals surface area contributed by atoms with Crippen LogP contribution >= 0.6 is 0 Å². The minimum atomic E-state index is -4.38. The molecule has 0 fully saturated rings. The van der Waals surface area contributed by atoms with Crippen molar-refractivity contribution in [1.82, 2.24) is 0 Å². The zero-order valence-corrected chi connectivity index (χ0v) is 25.2. The Morgan fingerprint density at radius 3 is 1.16 bits per heavy atom. The highest BCUT2D eigenvalue weighted by Crippen LogP contribution is 2.30. The van der Waals surface area contributed by atoms with E-state index in [4.69, 9.17) is 17.1 Å². The van der Waals surface area contributed by atoms with Gasteiger partial charge in [0, 0.05) is 13.8 Å². The van der Waals surface area contributed by atoms with Crippen molar-refractivity contribution in [2.45, 2.75) is 52.8 Å². The average Bonchev–Trinajstić information content (AvgIpc) is 2.91. The van der Waals surface area contributed by atoms with Gasteiger partial charge in [0.25, 0.3) is 20.3 Å². The molecule has 0 bridgehead atoms. The van der Waals surface area contributed by atoms with E-state index in [2.05, 4.69) is 20.8 Å². The summed E-state index contributed by atoms with van der Waals surface area (Å²) in [4.78, 5) is 25.2.